The van der Waals surface area contributed by atoms with Crippen LogP contribution in [0.5, 0.6) is 0 Å². The first-order chi connectivity index (χ1) is 9.99. The lowest BCUT2D eigenvalue weighted by molar-refractivity contribution is -0.126. The molecule has 0 spiro atoms. The van der Waals surface area contributed by atoms with Gasteiger partial charge in [-0.3, -0.25) is 4.79 Å². The zero-order valence-corrected chi connectivity index (χ0v) is 13.6. The first kappa shape index (κ1) is 16.3. The van der Waals surface area contributed by atoms with Gasteiger partial charge in [-0.15, -0.1) is 0 Å². The lowest BCUT2D eigenvalue weighted by Gasteiger charge is -2.27. The summed E-state index contributed by atoms with van der Waals surface area (Å²) in [6, 6.07) is 7.74. The lowest BCUT2D eigenvalue weighted by atomic mass is 9.90. The predicted molar refractivity (Wildman–Crippen MR) is 87.1 cm³/mol. The number of rotatable bonds is 5. The minimum Gasteiger partial charge on any atom is -0.349 e. The minimum atomic E-state index is -0.179. The number of hydrogen-bond acceptors (Lipinski definition) is 2. The Bertz CT molecular complexity index is 466. The molecule has 2 rings (SSSR count). The van der Waals surface area contributed by atoms with Gasteiger partial charge in [0.2, 0.25) is 5.91 Å². The monoisotopic (exact) mass is 308 g/mol. The fourth-order valence-corrected chi connectivity index (χ4v) is 3.08. The number of carbonyl (C=O) groups excluding carboxylic acids is 1. The van der Waals surface area contributed by atoms with E-state index in [9.17, 15) is 4.79 Å². The van der Waals surface area contributed by atoms with E-state index in [0.29, 0.717) is 5.92 Å². The number of nitrogens with one attached hydrogen (secondary N) is 1. The highest BCUT2D eigenvalue weighted by Gasteiger charge is 2.29. The maximum absolute atomic E-state index is 12.4. The molecule has 3 nitrogen and oxygen atoms in total. The zero-order valence-electron chi connectivity index (χ0n) is 12.8. The number of nitrogens with two attached hydrogens (primary N) is 1. The van der Waals surface area contributed by atoms with Crippen LogP contribution in [-0.4, -0.2) is 11.9 Å². The van der Waals surface area contributed by atoms with Crippen LogP contribution in [0.15, 0.2) is 24.3 Å². The molecule has 3 unspecified atom stereocenters. The van der Waals surface area contributed by atoms with Crippen molar-refractivity contribution in [3.8, 4) is 0 Å². The number of carbonyl (C=O) groups is 1. The average Bonchev–Trinajstić information content (AvgIpc) is 2.98. The van der Waals surface area contributed by atoms with Crippen molar-refractivity contribution in [1.82, 2.24) is 5.32 Å². The maximum atomic E-state index is 12.4. The molecule has 0 radical (unpaired) electrons. The van der Waals surface area contributed by atoms with E-state index in [0.717, 1.165) is 10.6 Å². The summed E-state index contributed by atoms with van der Waals surface area (Å²) in [5.41, 5.74) is 6.98. The van der Waals surface area contributed by atoms with Crippen molar-refractivity contribution in [3.05, 3.63) is 34.9 Å². The van der Waals surface area contributed by atoms with Gasteiger partial charge in [0.05, 0.1) is 6.04 Å². The van der Waals surface area contributed by atoms with Crippen LogP contribution in [0.2, 0.25) is 5.02 Å². The predicted octanol–water partition coefficient (Wildman–Crippen LogP) is 3.67. The standard InChI is InChI=1S/C17H25ClN2O/c1-11(12(2)19)17(21)20-16(13-5-3-4-6-13)14-7-9-15(18)10-8-14/h7-13,16H,3-6,19H2,1-2H3,(H,20,21). The number of benzene rings is 1. The first-order valence-electron chi connectivity index (χ1n) is 7.80. The van der Waals surface area contributed by atoms with Crippen LogP contribution in [0.1, 0.15) is 51.1 Å². The summed E-state index contributed by atoms with van der Waals surface area (Å²) in [6.45, 7) is 3.75. The molecule has 0 heterocycles. The Hall–Kier alpha value is -1.06. The topological polar surface area (TPSA) is 55.1 Å². The van der Waals surface area contributed by atoms with Crippen LogP contribution < -0.4 is 11.1 Å². The molecular weight excluding hydrogens is 284 g/mol. The van der Waals surface area contributed by atoms with Gasteiger partial charge in [-0.1, -0.05) is 43.5 Å². The Kier molecular flexibility index (Phi) is 5.65. The second kappa shape index (κ2) is 7.28. The van der Waals surface area contributed by atoms with Gasteiger partial charge in [0.1, 0.15) is 0 Å². The van der Waals surface area contributed by atoms with Crippen molar-refractivity contribution in [2.45, 2.75) is 51.6 Å². The molecule has 0 aliphatic heterocycles. The van der Waals surface area contributed by atoms with Crippen molar-refractivity contribution < 1.29 is 4.79 Å². The first-order valence-corrected chi connectivity index (χ1v) is 8.18. The molecule has 0 aromatic heterocycles. The Morgan fingerprint density at radius 2 is 1.81 bits per heavy atom. The SMILES string of the molecule is CC(N)C(C)C(=O)NC(c1ccc(Cl)cc1)C1CCCC1. The highest BCUT2D eigenvalue weighted by molar-refractivity contribution is 6.30. The van der Waals surface area contributed by atoms with Crippen molar-refractivity contribution in [2.75, 3.05) is 0 Å². The van der Waals surface area contributed by atoms with Crippen LogP contribution >= 0.6 is 11.6 Å². The fourth-order valence-electron chi connectivity index (χ4n) is 2.96. The summed E-state index contributed by atoms with van der Waals surface area (Å²) >= 11 is 5.97. The van der Waals surface area contributed by atoms with E-state index in [1.807, 2.05) is 38.1 Å². The molecule has 0 saturated heterocycles. The molecule has 1 aromatic carbocycles. The van der Waals surface area contributed by atoms with E-state index in [2.05, 4.69) is 5.32 Å². The molecule has 3 N–H and O–H groups in total. The second-order valence-electron chi connectivity index (χ2n) is 6.23. The normalized spacial score (nSPS) is 20.0. The van der Waals surface area contributed by atoms with Crippen molar-refractivity contribution in [1.29, 1.82) is 0 Å². The summed E-state index contributed by atoms with van der Waals surface area (Å²) in [4.78, 5) is 12.4. The molecule has 0 bridgehead atoms. The molecule has 1 aliphatic rings. The van der Waals surface area contributed by atoms with Crippen LogP contribution in [0.4, 0.5) is 0 Å². The van der Waals surface area contributed by atoms with Gasteiger partial charge >= 0.3 is 0 Å². The molecule has 116 valence electrons. The summed E-state index contributed by atoms with van der Waals surface area (Å²) in [5.74, 6) is 0.369. The van der Waals surface area contributed by atoms with Crippen LogP contribution in [0.25, 0.3) is 0 Å². The Labute approximate surface area is 132 Å². The molecule has 21 heavy (non-hydrogen) atoms. The molecule has 1 aliphatic carbocycles. The summed E-state index contributed by atoms with van der Waals surface area (Å²) in [7, 11) is 0. The van der Waals surface area contributed by atoms with Gasteiger partial charge in [-0.05, 0) is 43.4 Å². The fraction of sp³-hybridized carbons (Fsp3) is 0.588. The maximum Gasteiger partial charge on any atom is 0.224 e. The van der Waals surface area contributed by atoms with E-state index in [1.54, 1.807) is 0 Å². The van der Waals surface area contributed by atoms with Gasteiger partial charge in [0.25, 0.3) is 0 Å². The summed E-state index contributed by atoms with van der Waals surface area (Å²) < 4.78 is 0. The Morgan fingerprint density at radius 3 is 2.33 bits per heavy atom. The van der Waals surface area contributed by atoms with Crippen molar-refractivity contribution in [2.24, 2.45) is 17.6 Å². The van der Waals surface area contributed by atoms with Gasteiger partial charge in [0, 0.05) is 17.0 Å². The molecule has 1 saturated carbocycles. The van der Waals surface area contributed by atoms with E-state index < -0.39 is 0 Å². The zero-order chi connectivity index (χ0) is 15.4. The molecule has 1 aromatic rings. The minimum absolute atomic E-state index is 0.0387. The molecule has 3 atom stereocenters. The molecule has 1 fully saturated rings. The average molecular weight is 309 g/mol. The van der Waals surface area contributed by atoms with Crippen molar-refractivity contribution in [3.63, 3.8) is 0 Å². The summed E-state index contributed by atoms with van der Waals surface area (Å²) in [5, 5.41) is 3.94. The number of hydrogen-bond donors (Lipinski definition) is 2. The molecule has 1 amide bonds. The van der Waals surface area contributed by atoms with E-state index in [1.165, 1.54) is 25.7 Å². The lowest BCUT2D eigenvalue weighted by Crippen LogP contribution is -2.41. The van der Waals surface area contributed by atoms with Gasteiger partial charge in [0.15, 0.2) is 0 Å². The third kappa shape index (κ3) is 4.21. The smallest absolute Gasteiger partial charge is 0.224 e. The van der Waals surface area contributed by atoms with Gasteiger partial charge in [-0.25, -0.2) is 0 Å². The van der Waals surface area contributed by atoms with E-state index in [4.69, 9.17) is 17.3 Å². The number of halogens is 1. The highest BCUT2D eigenvalue weighted by Crippen LogP contribution is 2.36. The Balaban J connectivity index is 2.16. The number of amides is 1. The third-order valence-electron chi connectivity index (χ3n) is 4.60. The largest absolute Gasteiger partial charge is 0.349 e. The van der Waals surface area contributed by atoms with Gasteiger partial charge in [-0.2, -0.15) is 0 Å². The Morgan fingerprint density at radius 1 is 1.24 bits per heavy atom. The van der Waals surface area contributed by atoms with Crippen LogP contribution in [-0.2, 0) is 4.79 Å². The third-order valence-corrected chi connectivity index (χ3v) is 4.85. The highest BCUT2D eigenvalue weighted by atomic mass is 35.5. The van der Waals surface area contributed by atoms with Crippen LogP contribution in [0.3, 0.4) is 0 Å². The quantitative estimate of drug-likeness (QED) is 0.872. The van der Waals surface area contributed by atoms with Crippen molar-refractivity contribution >= 4 is 17.5 Å². The van der Waals surface area contributed by atoms with Gasteiger partial charge < -0.3 is 11.1 Å². The van der Waals surface area contributed by atoms with E-state index >= 15 is 0 Å². The summed E-state index contributed by atoms with van der Waals surface area (Å²) in [6.07, 6.45) is 4.82. The van der Waals surface area contributed by atoms with E-state index in [-0.39, 0.29) is 23.9 Å². The molecule has 4 heteroatoms. The second-order valence-corrected chi connectivity index (χ2v) is 6.67. The molecular formula is C17H25ClN2O. The van der Waals surface area contributed by atoms with Crippen LogP contribution in [0, 0.1) is 11.8 Å².